The minimum Gasteiger partial charge on any atom is -0.508 e. The van der Waals surface area contributed by atoms with E-state index in [9.17, 15) is 5.11 Å². The molecule has 1 aliphatic rings. The van der Waals surface area contributed by atoms with Crippen molar-refractivity contribution in [3.8, 4) is 5.75 Å². The minimum absolute atomic E-state index is 0.291. The zero-order valence-electron chi connectivity index (χ0n) is 8.59. The third-order valence-corrected chi connectivity index (χ3v) is 3.27. The Morgan fingerprint density at radius 2 is 1.71 bits per heavy atom. The summed E-state index contributed by atoms with van der Waals surface area (Å²) in [6.45, 7) is 4.50. The number of piperidine rings is 1. The van der Waals surface area contributed by atoms with Gasteiger partial charge in [-0.05, 0) is 49.0 Å². The van der Waals surface area contributed by atoms with Crippen LogP contribution < -0.4 is 5.32 Å². The second-order valence-corrected chi connectivity index (χ2v) is 4.36. The van der Waals surface area contributed by atoms with Gasteiger partial charge >= 0.3 is 0 Å². The SMILES string of the molecule is CC1(c2ccc(O)cc2)CCNCC1. The van der Waals surface area contributed by atoms with Crippen molar-refractivity contribution in [2.75, 3.05) is 13.1 Å². The Morgan fingerprint density at radius 1 is 1.14 bits per heavy atom. The summed E-state index contributed by atoms with van der Waals surface area (Å²) in [5.41, 5.74) is 1.63. The van der Waals surface area contributed by atoms with Gasteiger partial charge in [0.2, 0.25) is 0 Å². The molecule has 2 nitrogen and oxygen atoms in total. The van der Waals surface area contributed by atoms with Crippen molar-refractivity contribution in [3.63, 3.8) is 0 Å². The van der Waals surface area contributed by atoms with Crippen LogP contribution in [-0.2, 0) is 5.41 Å². The molecule has 0 spiro atoms. The maximum atomic E-state index is 9.23. The van der Waals surface area contributed by atoms with Gasteiger partial charge in [-0.2, -0.15) is 0 Å². The Kier molecular flexibility index (Phi) is 2.46. The van der Waals surface area contributed by atoms with Crippen molar-refractivity contribution in [2.24, 2.45) is 0 Å². The number of nitrogens with one attached hydrogen (secondary N) is 1. The first kappa shape index (κ1) is 9.53. The quantitative estimate of drug-likeness (QED) is 0.712. The summed E-state index contributed by atoms with van der Waals surface area (Å²) >= 11 is 0. The Balaban J connectivity index is 2.23. The average Bonchev–Trinajstić information content (AvgIpc) is 2.19. The van der Waals surface area contributed by atoms with Gasteiger partial charge in [-0.15, -0.1) is 0 Å². The van der Waals surface area contributed by atoms with Gasteiger partial charge in [0.1, 0.15) is 5.75 Å². The number of phenolic OH excluding ortho intramolecular Hbond substituents is 1. The van der Waals surface area contributed by atoms with Gasteiger partial charge in [-0.1, -0.05) is 19.1 Å². The highest BCUT2D eigenvalue weighted by Gasteiger charge is 2.28. The van der Waals surface area contributed by atoms with Crippen LogP contribution >= 0.6 is 0 Å². The third kappa shape index (κ3) is 1.75. The lowest BCUT2D eigenvalue weighted by Gasteiger charge is -2.34. The summed E-state index contributed by atoms with van der Waals surface area (Å²) in [5.74, 6) is 0.353. The molecule has 2 rings (SSSR count). The highest BCUT2D eigenvalue weighted by Crippen LogP contribution is 2.33. The zero-order valence-corrected chi connectivity index (χ0v) is 8.59. The fourth-order valence-electron chi connectivity index (χ4n) is 2.13. The molecule has 0 unspecified atom stereocenters. The number of phenols is 1. The van der Waals surface area contributed by atoms with Crippen molar-refractivity contribution in [3.05, 3.63) is 29.8 Å². The second-order valence-electron chi connectivity index (χ2n) is 4.36. The molecule has 1 aliphatic heterocycles. The average molecular weight is 191 g/mol. The molecule has 1 saturated heterocycles. The van der Waals surface area contributed by atoms with Crippen molar-refractivity contribution in [1.82, 2.24) is 5.32 Å². The van der Waals surface area contributed by atoms with Crippen LogP contribution in [0.2, 0.25) is 0 Å². The number of aromatic hydroxyl groups is 1. The molecule has 0 bridgehead atoms. The molecule has 1 fully saturated rings. The molecule has 2 heteroatoms. The number of hydrogen-bond acceptors (Lipinski definition) is 2. The van der Waals surface area contributed by atoms with E-state index in [1.165, 1.54) is 18.4 Å². The van der Waals surface area contributed by atoms with E-state index >= 15 is 0 Å². The van der Waals surface area contributed by atoms with Gasteiger partial charge in [0.25, 0.3) is 0 Å². The van der Waals surface area contributed by atoms with Gasteiger partial charge in [0.15, 0.2) is 0 Å². The molecular formula is C12H17NO. The highest BCUT2D eigenvalue weighted by atomic mass is 16.3. The molecule has 2 N–H and O–H groups in total. The maximum absolute atomic E-state index is 9.23. The lowest BCUT2D eigenvalue weighted by atomic mass is 9.75. The van der Waals surface area contributed by atoms with Gasteiger partial charge in [0, 0.05) is 0 Å². The predicted octanol–water partition coefficient (Wildman–Crippen LogP) is 2.03. The number of benzene rings is 1. The van der Waals surface area contributed by atoms with Crippen molar-refractivity contribution in [2.45, 2.75) is 25.2 Å². The fourth-order valence-corrected chi connectivity index (χ4v) is 2.13. The summed E-state index contributed by atoms with van der Waals surface area (Å²) in [4.78, 5) is 0. The van der Waals surface area contributed by atoms with E-state index in [2.05, 4.69) is 12.2 Å². The summed E-state index contributed by atoms with van der Waals surface area (Å²) in [5, 5.41) is 12.6. The Hall–Kier alpha value is -1.02. The minimum atomic E-state index is 0.291. The van der Waals surface area contributed by atoms with Crippen LogP contribution in [0.3, 0.4) is 0 Å². The summed E-state index contributed by atoms with van der Waals surface area (Å²) < 4.78 is 0. The summed E-state index contributed by atoms with van der Waals surface area (Å²) in [6.07, 6.45) is 2.36. The van der Waals surface area contributed by atoms with Crippen molar-refractivity contribution in [1.29, 1.82) is 0 Å². The van der Waals surface area contributed by atoms with E-state index in [0.29, 0.717) is 11.2 Å². The van der Waals surface area contributed by atoms with Crippen LogP contribution in [0.4, 0.5) is 0 Å². The summed E-state index contributed by atoms with van der Waals surface area (Å²) in [6, 6.07) is 7.65. The van der Waals surface area contributed by atoms with E-state index in [0.717, 1.165) is 13.1 Å². The molecule has 0 saturated carbocycles. The molecule has 0 atom stereocenters. The fraction of sp³-hybridized carbons (Fsp3) is 0.500. The number of rotatable bonds is 1. The Labute approximate surface area is 85.0 Å². The van der Waals surface area contributed by atoms with E-state index in [-0.39, 0.29) is 0 Å². The molecule has 1 heterocycles. The highest BCUT2D eigenvalue weighted by molar-refractivity contribution is 5.31. The van der Waals surface area contributed by atoms with Gasteiger partial charge < -0.3 is 10.4 Å². The van der Waals surface area contributed by atoms with E-state index in [1.54, 1.807) is 12.1 Å². The lowest BCUT2D eigenvalue weighted by molar-refractivity contribution is 0.335. The van der Waals surface area contributed by atoms with E-state index < -0.39 is 0 Å². The predicted molar refractivity (Wildman–Crippen MR) is 57.6 cm³/mol. The summed E-state index contributed by atoms with van der Waals surface area (Å²) in [7, 11) is 0. The standard InChI is InChI=1S/C12H17NO/c1-12(6-8-13-9-7-12)10-2-4-11(14)5-3-10/h2-5,13-14H,6-9H2,1H3. The number of hydrogen-bond donors (Lipinski definition) is 2. The first-order valence-corrected chi connectivity index (χ1v) is 5.21. The molecule has 1 aromatic rings. The van der Waals surface area contributed by atoms with Crippen LogP contribution in [0, 0.1) is 0 Å². The van der Waals surface area contributed by atoms with Crippen LogP contribution in [0.25, 0.3) is 0 Å². The normalized spacial score (nSPS) is 20.6. The van der Waals surface area contributed by atoms with Crippen LogP contribution in [0.15, 0.2) is 24.3 Å². The van der Waals surface area contributed by atoms with Crippen LogP contribution in [-0.4, -0.2) is 18.2 Å². The zero-order chi connectivity index (χ0) is 10.0. The maximum Gasteiger partial charge on any atom is 0.115 e. The smallest absolute Gasteiger partial charge is 0.115 e. The van der Waals surface area contributed by atoms with Gasteiger partial charge in [0.05, 0.1) is 0 Å². The molecule has 0 radical (unpaired) electrons. The van der Waals surface area contributed by atoms with E-state index in [4.69, 9.17) is 0 Å². The first-order chi connectivity index (χ1) is 6.71. The molecule has 76 valence electrons. The second kappa shape index (κ2) is 3.62. The molecule has 1 aromatic carbocycles. The van der Waals surface area contributed by atoms with E-state index in [1.807, 2.05) is 12.1 Å². The first-order valence-electron chi connectivity index (χ1n) is 5.21. The molecule has 0 aromatic heterocycles. The third-order valence-electron chi connectivity index (χ3n) is 3.27. The monoisotopic (exact) mass is 191 g/mol. The van der Waals surface area contributed by atoms with Gasteiger partial charge in [-0.25, -0.2) is 0 Å². The Bertz CT molecular complexity index is 299. The Morgan fingerprint density at radius 3 is 2.29 bits per heavy atom. The largest absolute Gasteiger partial charge is 0.508 e. The van der Waals surface area contributed by atoms with Crippen molar-refractivity contribution < 1.29 is 5.11 Å². The van der Waals surface area contributed by atoms with Gasteiger partial charge in [-0.3, -0.25) is 0 Å². The van der Waals surface area contributed by atoms with Crippen molar-refractivity contribution >= 4 is 0 Å². The van der Waals surface area contributed by atoms with Crippen LogP contribution in [0.5, 0.6) is 5.75 Å². The molecule has 0 amide bonds. The molecule has 0 aliphatic carbocycles. The van der Waals surface area contributed by atoms with Crippen LogP contribution in [0.1, 0.15) is 25.3 Å². The molecular weight excluding hydrogens is 174 g/mol. The molecule has 14 heavy (non-hydrogen) atoms. The lowest BCUT2D eigenvalue weighted by Crippen LogP contribution is -2.37. The topological polar surface area (TPSA) is 32.3 Å².